The van der Waals surface area contributed by atoms with Crippen molar-refractivity contribution in [3.05, 3.63) is 0 Å². The average Bonchev–Trinajstić information content (AvgIpc) is 1.65. The molecule has 0 saturated carbocycles. The molecule has 0 aromatic heterocycles. The van der Waals surface area contributed by atoms with E-state index in [-0.39, 0.29) is 0 Å². The van der Waals surface area contributed by atoms with Crippen LogP contribution in [0.1, 0.15) is 6.92 Å². The van der Waals surface area contributed by atoms with Gasteiger partial charge in [0.1, 0.15) is 0 Å². The summed E-state index contributed by atoms with van der Waals surface area (Å²) in [5.41, 5.74) is 0. The lowest BCUT2D eigenvalue weighted by molar-refractivity contribution is 0.234. The van der Waals surface area contributed by atoms with Gasteiger partial charge in [0.2, 0.25) is 0 Å². The molecule has 0 N–H and O–H groups in total. The summed E-state index contributed by atoms with van der Waals surface area (Å²) in [6.07, 6.45) is 0. The number of hydrogen-bond donors (Lipinski definition) is 0. The number of carbonyl (C=O) groups excluding carboxylic acids is 1. The van der Waals surface area contributed by atoms with Crippen LogP contribution in [-0.2, 0) is 0 Å². The molecule has 0 bridgehead atoms. The van der Waals surface area contributed by atoms with Gasteiger partial charge in [0, 0.05) is 13.6 Å². The van der Waals surface area contributed by atoms with Gasteiger partial charge in [-0.05, 0) is 18.5 Å². The Hall–Kier alpha value is -0.240. The van der Waals surface area contributed by atoms with Gasteiger partial charge in [-0.15, -0.1) is 0 Å². The molecule has 7 heavy (non-hydrogen) atoms. The Morgan fingerprint density at radius 1 is 1.86 bits per heavy atom. The monoisotopic (exact) mass is 120 g/mol. The van der Waals surface area contributed by atoms with Gasteiger partial charge in [0.15, 0.2) is 0 Å². The van der Waals surface area contributed by atoms with Gasteiger partial charge in [-0.1, -0.05) is 0 Å². The highest BCUT2D eigenvalue weighted by Crippen LogP contribution is 1.88. The van der Waals surface area contributed by atoms with Crippen molar-refractivity contribution in [2.45, 2.75) is 6.92 Å². The second-order valence-corrected chi connectivity index (χ2v) is 1.59. The number of hydrogen-bond acceptors (Lipinski definition) is 1. The predicted molar refractivity (Wildman–Crippen MR) is 29.6 cm³/mol. The molecule has 0 radical (unpaired) electrons. The number of rotatable bonds is 1. The van der Waals surface area contributed by atoms with E-state index in [4.69, 9.17) is 11.6 Å². The SMILES string of the molecule is CCN(C)[11C](=O)Cl. The van der Waals surface area contributed by atoms with Crippen molar-refractivity contribution in [1.29, 1.82) is 0 Å². The van der Waals surface area contributed by atoms with Crippen LogP contribution in [0, 0.1) is 0 Å². The first kappa shape index (κ1) is 6.76. The van der Waals surface area contributed by atoms with E-state index < -0.39 is 5.37 Å². The Balaban J connectivity index is 3.34. The highest BCUT2D eigenvalue weighted by Gasteiger charge is 1.97. The van der Waals surface area contributed by atoms with Gasteiger partial charge in [0.05, 0.1) is 0 Å². The van der Waals surface area contributed by atoms with E-state index in [1.54, 1.807) is 7.05 Å². The van der Waals surface area contributed by atoms with Crippen LogP contribution >= 0.6 is 11.6 Å². The van der Waals surface area contributed by atoms with Gasteiger partial charge < -0.3 is 4.90 Å². The molecule has 0 heterocycles. The zero-order valence-corrected chi connectivity index (χ0v) is 5.20. The topological polar surface area (TPSA) is 20.3 Å². The van der Waals surface area contributed by atoms with Gasteiger partial charge >= 0.3 is 5.37 Å². The molecular weight excluding hydrogens is 113 g/mol. The second kappa shape index (κ2) is 2.86. The van der Waals surface area contributed by atoms with Crippen LogP contribution in [0.4, 0.5) is 4.79 Å². The van der Waals surface area contributed by atoms with Crippen LogP contribution in [0.15, 0.2) is 0 Å². The summed E-state index contributed by atoms with van der Waals surface area (Å²) in [6.45, 7) is 2.53. The smallest absolute Gasteiger partial charge is 0.316 e. The lowest BCUT2D eigenvalue weighted by Crippen LogP contribution is -2.19. The zero-order chi connectivity index (χ0) is 5.86. The summed E-state index contributed by atoms with van der Waals surface area (Å²) in [5.74, 6) is 0. The largest absolute Gasteiger partial charge is 0.333 e. The molecular formula is C4H8ClNO. The van der Waals surface area contributed by atoms with Gasteiger partial charge in [-0.3, -0.25) is 4.79 Å². The Morgan fingerprint density at radius 2 is 2.29 bits per heavy atom. The van der Waals surface area contributed by atoms with E-state index in [1.807, 2.05) is 6.92 Å². The van der Waals surface area contributed by atoms with E-state index in [0.29, 0.717) is 6.54 Å². The van der Waals surface area contributed by atoms with E-state index in [2.05, 4.69) is 0 Å². The minimum atomic E-state index is -0.400. The van der Waals surface area contributed by atoms with Gasteiger partial charge in [0.25, 0.3) is 0 Å². The third-order valence-corrected chi connectivity index (χ3v) is 1.06. The maximum absolute atomic E-state index is 10.1. The van der Waals surface area contributed by atoms with Crippen LogP contribution in [0.5, 0.6) is 0 Å². The summed E-state index contributed by atoms with van der Waals surface area (Å²) in [5, 5.41) is -0.400. The summed E-state index contributed by atoms with van der Waals surface area (Å²) in [7, 11) is 1.65. The molecule has 1 amide bonds. The van der Waals surface area contributed by atoms with E-state index in [9.17, 15) is 4.79 Å². The first-order valence-electron chi connectivity index (χ1n) is 2.09. The maximum Gasteiger partial charge on any atom is 0.316 e. The normalized spacial score (nSPS) is 8.43. The van der Waals surface area contributed by atoms with Crippen molar-refractivity contribution in [2.75, 3.05) is 13.6 Å². The van der Waals surface area contributed by atoms with Gasteiger partial charge in [-0.2, -0.15) is 0 Å². The predicted octanol–water partition coefficient (Wildman–Crippen LogP) is 1.30. The first-order valence-corrected chi connectivity index (χ1v) is 2.47. The Labute approximate surface area is 48.1 Å². The summed E-state index contributed by atoms with van der Waals surface area (Å²) in [4.78, 5) is 11.5. The van der Waals surface area contributed by atoms with Crippen molar-refractivity contribution in [3.63, 3.8) is 0 Å². The number of carbonyl (C=O) groups is 1. The van der Waals surface area contributed by atoms with Crippen LogP contribution in [0.3, 0.4) is 0 Å². The summed E-state index contributed by atoms with van der Waals surface area (Å²) < 4.78 is 0. The lowest BCUT2D eigenvalue weighted by atomic mass is 10.4. The van der Waals surface area contributed by atoms with Gasteiger partial charge in [-0.25, -0.2) is 0 Å². The first-order chi connectivity index (χ1) is 3.18. The maximum atomic E-state index is 10.1. The fourth-order valence-electron chi connectivity index (χ4n) is 0.124. The van der Waals surface area contributed by atoms with Crippen LogP contribution in [0.2, 0.25) is 0 Å². The summed E-state index contributed by atoms with van der Waals surface area (Å²) in [6, 6.07) is 0. The molecule has 0 aliphatic rings. The van der Waals surface area contributed by atoms with E-state index in [0.717, 1.165) is 0 Å². The Bertz CT molecular complexity index is 74.1. The Kier molecular flexibility index (Phi) is 2.76. The molecule has 0 fully saturated rings. The fourth-order valence-corrected chi connectivity index (χ4v) is 0.244. The molecule has 3 heteroatoms. The van der Waals surface area contributed by atoms with Crippen LogP contribution < -0.4 is 0 Å². The molecule has 0 saturated heterocycles. The fraction of sp³-hybridized carbons (Fsp3) is 0.750. The van der Waals surface area contributed by atoms with Crippen molar-refractivity contribution in [1.82, 2.24) is 4.90 Å². The molecule has 42 valence electrons. The third kappa shape index (κ3) is 2.45. The molecule has 0 aliphatic carbocycles. The van der Waals surface area contributed by atoms with Crippen molar-refractivity contribution in [2.24, 2.45) is 0 Å². The van der Waals surface area contributed by atoms with Crippen molar-refractivity contribution < 1.29 is 4.79 Å². The molecule has 0 aliphatic heterocycles. The third-order valence-electron chi connectivity index (χ3n) is 0.774. The highest BCUT2D eigenvalue weighted by molar-refractivity contribution is 6.62. The number of nitrogens with zero attached hydrogens (tertiary/aromatic N) is 1. The molecule has 0 aromatic carbocycles. The molecule has 0 atom stereocenters. The zero-order valence-electron chi connectivity index (χ0n) is 4.44. The lowest BCUT2D eigenvalue weighted by Gasteiger charge is -2.06. The average molecular weight is 121 g/mol. The van der Waals surface area contributed by atoms with Crippen molar-refractivity contribution in [3.8, 4) is 0 Å². The van der Waals surface area contributed by atoms with Crippen LogP contribution in [0.25, 0.3) is 0 Å². The Morgan fingerprint density at radius 3 is 2.29 bits per heavy atom. The molecule has 0 rings (SSSR count). The second-order valence-electron chi connectivity index (χ2n) is 1.27. The molecule has 2 nitrogen and oxygen atoms in total. The molecule has 0 unspecified atom stereocenters. The number of halogens is 1. The molecule has 0 aromatic rings. The standard InChI is InChI=1S/C4H8ClNO/c1-3-6(2)4(5)7/h3H2,1-2H3/i4-1. The minimum absolute atomic E-state index is 0.400. The molecule has 0 spiro atoms. The summed E-state index contributed by atoms with van der Waals surface area (Å²) >= 11 is 5.02. The quantitative estimate of drug-likeness (QED) is 0.377. The minimum Gasteiger partial charge on any atom is -0.333 e. The number of amides is 1. The highest BCUT2D eigenvalue weighted by atomic mass is 35.5. The van der Waals surface area contributed by atoms with Crippen molar-refractivity contribution >= 4 is 17.0 Å². The van der Waals surface area contributed by atoms with E-state index in [1.165, 1.54) is 4.90 Å². The van der Waals surface area contributed by atoms with E-state index >= 15 is 0 Å². The van der Waals surface area contributed by atoms with Crippen LogP contribution in [-0.4, -0.2) is 23.9 Å².